The highest BCUT2D eigenvalue weighted by Gasteiger charge is 2.26. The molecule has 114 valence electrons. The summed E-state index contributed by atoms with van der Waals surface area (Å²) < 4.78 is 5.97. The van der Waals surface area contributed by atoms with E-state index < -0.39 is 0 Å². The van der Waals surface area contributed by atoms with Crippen molar-refractivity contribution in [2.24, 2.45) is 0 Å². The first kappa shape index (κ1) is 13.7. The second-order valence-electron chi connectivity index (χ2n) is 5.59. The molecule has 3 aromatic rings. The van der Waals surface area contributed by atoms with Gasteiger partial charge < -0.3 is 4.42 Å². The van der Waals surface area contributed by atoms with E-state index in [1.807, 2.05) is 18.3 Å². The Hall–Kier alpha value is -1.92. The first-order valence-corrected chi connectivity index (χ1v) is 8.50. The molecule has 1 aliphatic heterocycles. The number of nitrogens with one attached hydrogen (secondary N) is 1. The lowest BCUT2D eigenvalue weighted by Gasteiger charge is -2.33. The van der Waals surface area contributed by atoms with E-state index in [1.165, 1.54) is 24.3 Å². The van der Waals surface area contributed by atoms with Gasteiger partial charge in [-0.3, -0.25) is 10.00 Å². The summed E-state index contributed by atoms with van der Waals surface area (Å²) in [6.45, 7) is 1.93. The molecule has 1 unspecified atom stereocenters. The van der Waals surface area contributed by atoms with E-state index in [0.717, 1.165) is 30.3 Å². The summed E-state index contributed by atoms with van der Waals surface area (Å²) in [7, 11) is 0. The Balaban J connectivity index is 1.52. The van der Waals surface area contributed by atoms with Crippen LogP contribution in [0.2, 0.25) is 0 Å². The lowest BCUT2D eigenvalue weighted by molar-refractivity contribution is 0.130. The summed E-state index contributed by atoms with van der Waals surface area (Å²) in [6, 6.07) is 6.41. The minimum atomic E-state index is 0.425. The van der Waals surface area contributed by atoms with Crippen LogP contribution in [0.4, 0.5) is 0 Å². The van der Waals surface area contributed by atoms with Crippen molar-refractivity contribution in [1.29, 1.82) is 0 Å². The first-order valence-electron chi connectivity index (χ1n) is 7.62. The zero-order valence-corrected chi connectivity index (χ0v) is 13.1. The van der Waals surface area contributed by atoms with Gasteiger partial charge in [-0.2, -0.15) is 5.10 Å². The minimum Gasteiger partial charge on any atom is -0.458 e. The van der Waals surface area contributed by atoms with Crippen LogP contribution >= 0.6 is 11.3 Å². The zero-order valence-electron chi connectivity index (χ0n) is 12.2. The second kappa shape index (κ2) is 6.06. The van der Waals surface area contributed by atoms with Crippen molar-refractivity contribution in [3.8, 4) is 11.5 Å². The maximum absolute atomic E-state index is 5.97. The Morgan fingerprint density at radius 1 is 1.27 bits per heavy atom. The SMILES string of the molecule is c1cc(-c2ccc(CN3CCCCC3c3nccs3)o2)[nH]n1. The zero-order chi connectivity index (χ0) is 14.8. The number of hydrogen-bond acceptors (Lipinski definition) is 5. The van der Waals surface area contributed by atoms with Crippen LogP contribution in [0.5, 0.6) is 0 Å². The van der Waals surface area contributed by atoms with Crippen molar-refractivity contribution in [1.82, 2.24) is 20.1 Å². The number of piperidine rings is 1. The Morgan fingerprint density at radius 3 is 3.09 bits per heavy atom. The molecule has 0 aromatic carbocycles. The topological polar surface area (TPSA) is 58.0 Å². The molecule has 0 spiro atoms. The molecule has 5 nitrogen and oxygen atoms in total. The maximum Gasteiger partial charge on any atom is 0.152 e. The van der Waals surface area contributed by atoms with E-state index in [-0.39, 0.29) is 0 Å². The van der Waals surface area contributed by atoms with Gasteiger partial charge in [0.25, 0.3) is 0 Å². The van der Waals surface area contributed by atoms with Gasteiger partial charge >= 0.3 is 0 Å². The average Bonchev–Trinajstić information content (AvgIpc) is 3.30. The quantitative estimate of drug-likeness (QED) is 0.794. The number of rotatable bonds is 4. The summed E-state index contributed by atoms with van der Waals surface area (Å²) >= 11 is 1.75. The third-order valence-corrected chi connectivity index (χ3v) is 5.01. The molecule has 4 rings (SSSR count). The van der Waals surface area contributed by atoms with Gasteiger partial charge in [0.1, 0.15) is 16.5 Å². The fraction of sp³-hybridized carbons (Fsp3) is 0.375. The van der Waals surface area contributed by atoms with Gasteiger partial charge in [0, 0.05) is 17.8 Å². The van der Waals surface area contributed by atoms with Crippen LogP contribution < -0.4 is 0 Å². The summed E-state index contributed by atoms with van der Waals surface area (Å²) in [6.07, 6.45) is 7.34. The van der Waals surface area contributed by atoms with E-state index in [1.54, 1.807) is 17.5 Å². The standard InChI is InChI=1S/C16H18N4OS/c1-2-9-20(14(3-1)16-17-8-10-22-16)11-12-4-5-15(21-12)13-6-7-18-19-13/h4-8,10,14H,1-3,9,11H2,(H,18,19). The Bertz CT molecular complexity index is 704. The Labute approximate surface area is 133 Å². The molecular formula is C16H18N4OS. The van der Waals surface area contributed by atoms with E-state index >= 15 is 0 Å². The number of aromatic nitrogens is 3. The van der Waals surface area contributed by atoms with Crippen LogP contribution in [0, 0.1) is 0 Å². The third kappa shape index (κ3) is 2.71. The molecule has 1 atom stereocenters. The van der Waals surface area contributed by atoms with Gasteiger partial charge in [0.2, 0.25) is 0 Å². The van der Waals surface area contributed by atoms with Gasteiger partial charge in [0.15, 0.2) is 5.76 Å². The largest absolute Gasteiger partial charge is 0.458 e. The van der Waals surface area contributed by atoms with Gasteiger partial charge in [-0.05, 0) is 37.6 Å². The summed E-state index contributed by atoms with van der Waals surface area (Å²) in [5.41, 5.74) is 0.918. The van der Waals surface area contributed by atoms with Crippen LogP contribution in [0.3, 0.4) is 0 Å². The molecule has 0 aliphatic carbocycles. The fourth-order valence-electron chi connectivity index (χ4n) is 3.06. The van der Waals surface area contributed by atoms with E-state index in [2.05, 4.69) is 31.5 Å². The highest BCUT2D eigenvalue weighted by molar-refractivity contribution is 7.09. The molecule has 1 N–H and O–H groups in total. The van der Waals surface area contributed by atoms with Crippen LogP contribution in [0.15, 0.2) is 40.4 Å². The number of nitrogens with zero attached hydrogens (tertiary/aromatic N) is 3. The smallest absolute Gasteiger partial charge is 0.152 e. The highest BCUT2D eigenvalue weighted by atomic mass is 32.1. The number of furan rings is 1. The molecule has 0 amide bonds. The van der Waals surface area contributed by atoms with Crippen molar-refractivity contribution >= 4 is 11.3 Å². The Morgan fingerprint density at radius 2 is 2.27 bits per heavy atom. The van der Waals surface area contributed by atoms with Crippen LogP contribution in [0.25, 0.3) is 11.5 Å². The van der Waals surface area contributed by atoms with Crippen LogP contribution in [-0.4, -0.2) is 26.6 Å². The number of likely N-dealkylation sites (tertiary alicyclic amines) is 1. The molecule has 1 saturated heterocycles. The van der Waals surface area contributed by atoms with Crippen molar-refractivity contribution in [3.05, 3.63) is 46.7 Å². The van der Waals surface area contributed by atoms with Crippen LogP contribution in [0.1, 0.15) is 36.1 Å². The normalized spacial score (nSPS) is 19.5. The van der Waals surface area contributed by atoms with Crippen LogP contribution in [-0.2, 0) is 6.54 Å². The number of aromatic amines is 1. The second-order valence-corrected chi connectivity index (χ2v) is 6.51. The van der Waals surface area contributed by atoms with Gasteiger partial charge in [0.05, 0.1) is 12.6 Å². The predicted molar refractivity (Wildman–Crippen MR) is 85.4 cm³/mol. The molecule has 4 heterocycles. The van der Waals surface area contributed by atoms with E-state index in [4.69, 9.17) is 4.42 Å². The number of thiazole rings is 1. The summed E-state index contributed by atoms with van der Waals surface area (Å²) in [5, 5.41) is 10.2. The molecule has 1 fully saturated rings. The minimum absolute atomic E-state index is 0.425. The predicted octanol–water partition coefficient (Wildman–Crippen LogP) is 3.85. The molecule has 3 aromatic heterocycles. The van der Waals surface area contributed by atoms with Crippen molar-refractivity contribution in [3.63, 3.8) is 0 Å². The maximum atomic E-state index is 5.97. The lowest BCUT2D eigenvalue weighted by atomic mass is 10.0. The van der Waals surface area contributed by atoms with Gasteiger partial charge in [-0.15, -0.1) is 11.3 Å². The first-order chi connectivity index (χ1) is 10.9. The Kier molecular flexibility index (Phi) is 3.78. The van der Waals surface area contributed by atoms with Crippen molar-refractivity contribution in [2.45, 2.75) is 31.8 Å². The third-order valence-electron chi connectivity index (χ3n) is 4.14. The summed E-state index contributed by atoms with van der Waals surface area (Å²) in [4.78, 5) is 6.99. The molecule has 22 heavy (non-hydrogen) atoms. The monoisotopic (exact) mass is 314 g/mol. The molecule has 1 aliphatic rings. The van der Waals surface area contributed by atoms with Crippen molar-refractivity contribution < 1.29 is 4.42 Å². The summed E-state index contributed by atoms with van der Waals surface area (Å²) in [5.74, 6) is 1.84. The van der Waals surface area contributed by atoms with Gasteiger partial charge in [-0.25, -0.2) is 4.98 Å². The average molecular weight is 314 g/mol. The molecule has 6 heteroatoms. The van der Waals surface area contributed by atoms with Crippen molar-refractivity contribution in [2.75, 3.05) is 6.54 Å². The lowest BCUT2D eigenvalue weighted by Crippen LogP contribution is -2.32. The highest BCUT2D eigenvalue weighted by Crippen LogP contribution is 2.33. The molecular weight excluding hydrogens is 296 g/mol. The molecule has 0 saturated carbocycles. The molecule has 0 radical (unpaired) electrons. The molecule has 0 bridgehead atoms. The number of hydrogen-bond donors (Lipinski definition) is 1. The van der Waals surface area contributed by atoms with E-state index in [9.17, 15) is 0 Å². The fourth-order valence-corrected chi connectivity index (χ4v) is 3.87. The number of H-pyrrole nitrogens is 1. The van der Waals surface area contributed by atoms with E-state index in [0.29, 0.717) is 6.04 Å². The van der Waals surface area contributed by atoms with Gasteiger partial charge in [-0.1, -0.05) is 6.42 Å².